The molecule has 0 N–H and O–H groups in total. The van der Waals surface area contributed by atoms with Gasteiger partial charge in [0.25, 0.3) is 0 Å². The number of ether oxygens (including phenoxy) is 1. The molecule has 1 fully saturated rings. The minimum absolute atomic E-state index is 0.0786. The second-order valence-corrected chi connectivity index (χ2v) is 4.76. The number of hydrogen-bond donors (Lipinski definition) is 0. The molecule has 1 aliphatic rings. The average molecular weight is 244 g/mol. The summed E-state index contributed by atoms with van der Waals surface area (Å²) in [6.07, 6.45) is 2.13. The Kier molecular flexibility index (Phi) is 4.35. The van der Waals surface area contributed by atoms with E-state index in [-0.39, 0.29) is 18.3 Å². The summed E-state index contributed by atoms with van der Waals surface area (Å²) in [5, 5.41) is 9.20. The zero-order valence-corrected chi connectivity index (χ0v) is 11.0. The normalized spacial score (nSPS) is 25.8. The fraction of sp³-hybridized carbons (Fsp3) is 0.533. The van der Waals surface area contributed by atoms with Gasteiger partial charge in [0.2, 0.25) is 0 Å². The first kappa shape index (κ1) is 13.1. The van der Waals surface area contributed by atoms with Gasteiger partial charge in [-0.15, -0.1) is 0 Å². The zero-order valence-electron chi connectivity index (χ0n) is 11.0. The van der Waals surface area contributed by atoms with E-state index < -0.39 is 0 Å². The Morgan fingerprint density at radius 3 is 2.78 bits per heavy atom. The van der Waals surface area contributed by atoms with E-state index in [1.165, 1.54) is 5.56 Å². The van der Waals surface area contributed by atoms with Gasteiger partial charge in [-0.3, -0.25) is 4.90 Å². The second-order valence-electron chi connectivity index (χ2n) is 4.76. The van der Waals surface area contributed by atoms with Gasteiger partial charge in [-0.2, -0.15) is 5.26 Å². The van der Waals surface area contributed by atoms with Crippen LogP contribution in [-0.4, -0.2) is 23.8 Å². The highest BCUT2D eigenvalue weighted by molar-refractivity contribution is 5.21. The van der Waals surface area contributed by atoms with Crippen LogP contribution in [0.3, 0.4) is 0 Å². The highest BCUT2D eigenvalue weighted by atomic mass is 16.5. The van der Waals surface area contributed by atoms with Crippen LogP contribution in [0.2, 0.25) is 0 Å². The molecule has 0 bridgehead atoms. The summed E-state index contributed by atoms with van der Waals surface area (Å²) in [5.41, 5.74) is 1.23. The number of rotatable bonds is 4. The van der Waals surface area contributed by atoms with Gasteiger partial charge < -0.3 is 4.74 Å². The maximum atomic E-state index is 9.20. The molecule has 18 heavy (non-hydrogen) atoms. The van der Waals surface area contributed by atoms with Crippen molar-refractivity contribution in [3.8, 4) is 6.07 Å². The highest BCUT2D eigenvalue weighted by Gasteiger charge is 2.37. The second kappa shape index (κ2) is 5.99. The van der Waals surface area contributed by atoms with E-state index in [1.54, 1.807) is 0 Å². The minimum atomic E-state index is -0.116. The van der Waals surface area contributed by atoms with E-state index in [9.17, 15) is 5.26 Å². The zero-order chi connectivity index (χ0) is 13.0. The molecule has 0 saturated carbocycles. The first-order chi connectivity index (χ1) is 8.77. The van der Waals surface area contributed by atoms with Crippen LogP contribution in [0.5, 0.6) is 0 Å². The summed E-state index contributed by atoms with van der Waals surface area (Å²) >= 11 is 0. The monoisotopic (exact) mass is 244 g/mol. The summed E-state index contributed by atoms with van der Waals surface area (Å²) < 4.78 is 5.87. The van der Waals surface area contributed by atoms with Gasteiger partial charge in [0.1, 0.15) is 6.23 Å². The van der Waals surface area contributed by atoms with Crippen molar-refractivity contribution in [3.05, 3.63) is 35.9 Å². The van der Waals surface area contributed by atoms with E-state index in [0.29, 0.717) is 6.61 Å². The molecule has 1 aliphatic heterocycles. The molecule has 3 atom stereocenters. The Labute approximate surface area is 109 Å². The maximum Gasteiger partial charge on any atom is 0.112 e. The molecule has 0 radical (unpaired) electrons. The molecule has 0 aromatic heterocycles. The van der Waals surface area contributed by atoms with Gasteiger partial charge >= 0.3 is 0 Å². The highest BCUT2D eigenvalue weighted by Crippen LogP contribution is 2.33. The van der Waals surface area contributed by atoms with Crippen molar-refractivity contribution in [1.29, 1.82) is 5.26 Å². The third-order valence-electron chi connectivity index (χ3n) is 3.49. The van der Waals surface area contributed by atoms with E-state index in [1.807, 2.05) is 25.1 Å². The van der Waals surface area contributed by atoms with Crippen LogP contribution in [0.4, 0.5) is 0 Å². The molecule has 0 amide bonds. The topological polar surface area (TPSA) is 36.3 Å². The van der Waals surface area contributed by atoms with Crippen LogP contribution in [0.15, 0.2) is 30.3 Å². The molecular weight excluding hydrogens is 224 g/mol. The standard InChI is InChI=1S/C15H20N2O/c1-3-7-15-17(12(2)10-16)14(11-18-15)13-8-5-4-6-9-13/h4-6,8-9,12,14-15H,3,7,11H2,1-2H3/t12-,14+,15-/m1/s1. The number of nitrogens with zero attached hydrogens (tertiary/aromatic N) is 2. The van der Waals surface area contributed by atoms with E-state index in [4.69, 9.17) is 4.74 Å². The lowest BCUT2D eigenvalue weighted by Gasteiger charge is -2.30. The first-order valence-electron chi connectivity index (χ1n) is 6.61. The molecule has 1 saturated heterocycles. The van der Waals surface area contributed by atoms with Crippen LogP contribution in [0, 0.1) is 11.3 Å². The Morgan fingerprint density at radius 1 is 1.44 bits per heavy atom. The van der Waals surface area contributed by atoms with Gasteiger partial charge in [0, 0.05) is 0 Å². The number of nitriles is 1. The maximum absolute atomic E-state index is 9.20. The Balaban J connectivity index is 2.23. The van der Waals surface area contributed by atoms with Gasteiger partial charge in [-0.1, -0.05) is 43.7 Å². The lowest BCUT2D eigenvalue weighted by molar-refractivity contribution is 0.0144. The lowest BCUT2D eigenvalue weighted by atomic mass is 10.0. The number of hydrogen-bond acceptors (Lipinski definition) is 3. The van der Waals surface area contributed by atoms with Gasteiger partial charge in [0.15, 0.2) is 0 Å². The van der Waals surface area contributed by atoms with Gasteiger partial charge in [0.05, 0.1) is 24.8 Å². The third-order valence-corrected chi connectivity index (χ3v) is 3.49. The molecular formula is C15H20N2O. The quantitative estimate of drug-likeness (QED) is 0.816. The first-order valence-corrected chi connectivity index (χ1v) is 6.61. The van der Waals surface area contributed by atoms with Crippen LogP contribution in [-0.2, 0) is 4.74 Å². The fourth-order valence-corrected chi connectivity index (χ4v) is 2.58. The van der Waals surface area contributed by atoms with Crippen LogP contribution in [0.1, 0.15) is 38.3 Å². The van der Waals surface area contributed by atoms with Crippen LogP contribution >= 0.6 is 0 Å². The summed E-state index contributed by atoms with van der Waals surface area (Å²) in [7, 11) is 0. The summed E-state index contributed by atoms with van der Waals surface area (Å²) in [6.45, 7) is 4.78. The number of benzene rings is 1. The predicted octanol–water partition coefficient (Wildman–Crippen LogP) is 3.10. The Morgan fingerprint density at radius 2 is 2.17 bits per heavy atom. The van der Waals surface area contributed by atoms with E-state index in [2.05, 4.69) is 30.0 Å². The lowest BCUT2D eigenvalue weighted by Crippen LogP contribution is -2.38. The fourth-order valence-electron chi connectivity index (χ4n) is 2.58. The molecule has 0 spiro atoms. The summed E-state index contributed by atoms with van der Waals surface area (Å²) in [5.74, 6) is 0. The summed E-state index contributed by atoms with van der Waals surface area (Å²) in [6, 6.07) is 12.7. The Hall–Kier alpha value is -1.37. The minimum Gasteiger partial charge on any atom is -0.361 e. The smallest absolute Gasteiger partial charge is 0.112 e. The third kappa shape index (κ3) is 2.55. The van der Waals surface area contributed by atoms with Crippen LogP contribution in [0.25, 0.3) is 0 Å². The molecule has 2 rings (SSSR count). The van der Waals surface area contributed by atoms with Crippen molar-refractivity contribution in [3.63, 3.8) is 0 Å². The molecule has 1 heterocycles. The predicted molar refractivity (Wildman–Crippen MR) is 70.7 cm³/mol. The van der Waals surface area contributed by atoms with Crippen molar-refractivity contribution in [2.45, 2.75) is 45.0 Å². The van der Waals surface area contributed by atoms with Gasteiger partial charge in [-0.05, 0) is 18.9 Å². The van der Waals surface area contributed by atoms with Crippen molar-refractivity contribution < 1.29 is 4.74 Å². The van der Waals surface area contributed by atoms with Crippen molar-refractivity contribution >= 4 is 0 Å². The summed E-state index contributed by atoms with van der Waals surface area (Å²) in [4.78, 5) is 2.21. The largest absolute Gasteiger partial charge is 0.361 e. The van der Waals surface area contributed by atoms with Crippen molar-refractivity contribution in [2.75, 3.05) is 6.61 Å². The average Bonchev–Trinajstić information content (AvgIpc) is 2.83. The molecule has 96 valence electrons. The molecule has 3 heteroatoms. The van der Waals surface area contributed by atoms with Gasteiger partial charge in [-0.25, -0.2) is 0 Å². The molecule has 0 unspecified atom stereocenters. The SMILES string of the molecule is CCC[C@H]1OC[C@@H](c2ccccc2)N1[C@H](C)C#N. The Bertz CT molecular complexity index is 412. The van der Waals surface area contributed by atoms with E-state index in [0.717, 1.165) is 12.8 Å². The molecule has 3 nitrogen and oxygen atoms in total. The van der Waals surface area contributed by atoms with Crippen molar-refractivity contribution in [2.24, 2.45) is 0 Å². The molecule has 1 aromatic rings. The molecule has 1 aromatic carbocycles. The molecule has 0 aliphatic carbocycles. The van der Waals surface area contributed by atoms with Crippen LogP contribution < -0.4 is 0 Å². The van der Waals surface area contributed by atoms with Crippen molar-refractivity contribution in [1.82, 2.24) is 4.90 Å². The van der Waals surface area contributed by atoms with E-state index >= 15 is 0 Å².